The maximum Gasteiger partial charge on any atom is 0.405 e. The molecule has 132 valence electrons. The normalized spacial score (nSPS) is 20.0. The Bertz CT molecular complexity index is 352. The van der Waals surface area contributed by atoms with Crippen molar-refractivity contribution >= 4 is 18.3 Å². The SMILES string of the molecule is CC(C(=O)NCC(N1CCNCC1)C(F)(F)F)C(C)(C)C.Cl. The van der Waals surface area contributed by atoms with Crippen molar-refractivity contribution < 1.29 is 18.0 Å². The van der Waals surface area contributed by atoms with Gasteiger partial charge in [0.15, 0.2) is 0 Å². The number of carbonyl (C=O) groups is 1. The molecule has 4 nitrogen and oxygen atoms in total. The van der Waals surface area contributed by atoms with E-state index in [4.69, 9.17) is 0 Å². The number of nitrogens with one attached hydrogen (secondary N) is 2. The Labute approximate surface area is 136 Å². The standard InChI is InChI=1S/C14H26F3N3O.ClH/c1-10(13(2,3)4)12(21)19-9-11(14(15,16)17)20-7-5-18-6-8-20;/h10-11,18H,5-9H2,1-4H3,(H,19,21);1H. The fourth-order valence-electron chi connectivity index (χ4n) is 2.19. The van der Waals surface area contributed by atoms with Gasteiger partial charge in [0.25, 0.3) is 0 Å². The molecule has 1 heterocycles. The molecule has 1 saturated heterocycles. The highest BCUT2D eigenvalue weighted by Crippen LogP contribution is 2.27. The van der Waals surface area contributed by atoms with Gasteiger partial charge < -0.3 is 10.6 Å². The van der Waals surface area contributed by atoms with E-state index in [1.165, 1.54) is 4.90 Å². The Morgan fingerprint density at radius 2 is 1.73 bits per heavy atom. The van der Waals surface area contributed by atoms with Crippen molar-refractivity contribution in [1.82, 2.24) is 15.5 Å². The van der Waals surface area contributed by atoms with Gasteiger partial charge in [-0.15, -0.1) is 12.4 Å². The van der Waals surface area contributed by atoms with E-state index in [0.29, 0.717) is 26.2 Å². The summed E-state index contributed by atoms with van der Waals surface area (Å²) in [4.78, 5) is 13.4. The highest BCUT2D eigenvalue weighted by atomic mass is 35.5. The number of hydrogen-bond acceptors (Lipinski definition) is 3. The predicted molar refractivity (Wildman–Crippen MR) is 83.2 cm³/mol. The third kappa shape index (κ3) is 6.30. The minimum atomic E-state index is -4.34. The molecule has 0 aliphatic carbocycles. The van der Waals surface area contributed by atoms with Crippen molar-refractivity contribution in [2.75, 3.05) is 32.7 Å². The quantitative estimate of drug-likeness (QED) is 0.819. The van der Waals surface area contributed by atoms with Crippen LogP contribution in [0.5, 0.6) is 0 Å². The second-order valence-electron chi connectivity index (χ2n) is 6.68. The van der Waals surface area contributed by atoms with E-state index in [2.05, 4.69) is 10.6 Å². The van der Waals surface area contributed by atoms with Crippen molar-refractivity contribution in [3.8, 4) is 0 Å². The Hall–Kier alpha value is -0.530. The van der Waals surface area contributed by atoms with Gasteiger partial charge in [-0.2, -0.15) is 13.2 Å². The summed E-state index contributed by atoms with van der Waals surface area (Å²) >= 11 is 0. The zero-order valence-electron chi connectivity index (χ0n) is 13.6. The molecule has 0 aromatic rings. The molecule has 0 aromatic heterocycles. The molecule has 22 heavy (non-hydrogen) atoms. The van der Waals surface area contributed by atoms with Gasteiger partial charge in [0.2, 0.25) is 5.91 Å². The second kappa shape index (κ2) is 8.36. The molecule has 1 rings (SSSR count). The molecule has 0 saturated carbocycles. The number of hydrogen-bond donors (Lipinski definition) is 2. The van der Waals surface area contributed by atoms with E-state index < -0.39 is 12.2 Å². The second-order valence-corrected chi connectivity index (χ2v) is 6.68. The molecule has 0 bridgehead atoms. The highest BCUT2D eigenvalue weighted by molar-refractivity contribution is 5.85. The summed E-state index contributed by atoms with van der Waals surface area (Å²) < 4.78 is 39.5. The van der Waals surface area contributed by atoms with E-state index in [1.807, 2.05) is 20.8 Å². The van der Waals surface area contributed by atoms with E-state index in [0.717, 1.165) is 0 Å². The van der Waals surface area contributed by atoms with Gasteiger partial charge >= 0.3 is 6.18 Å². The summed E-state index contributed by atoms with van der Waals surface area (Å²) in [7, 11) is 0. The van der Waals surface area contributed by atoms with Crippen molar-refractivity contribution in [1.29, 1.82) is 0 Å². The molecule has 2 N–H and O–H groups in total. The average molecular weight is 346 g/mol. The number of piperazine rings is 1. The van der Waals surface area contributed by atoms with Crippen LogP contribution in [0.4, 0.5) is 13.2 Å². The molecule has 1 amide bonds. The summed E-state index contributed by atoms with van der Waals surface area (Å²) in [6.07, 6.45) is -4.34. The number of halogens is 4. The first-order chi connectivity index (χ1) is 9.53. The molecule has 2 atom stereocenters. The van der Waals surface area contributed by atoms with E-state index in [9.17, 15) is 18.0 Å². The number of alkyl halides is 3. The van der Waals surface area contributed by atoms with Crippen LogP contribution in [0.15, 0.2) is 0 Å². The third-order valence-corrected chi connectivity index (χ3v) is 4.13. The molecule has 0 radical (unpaired) electrons. The Morgan fingerprint density at radius 3 is 2.14 bits per heavy atom. The number of nitrogens with zero attached hydrogens (tertiary/aromatic N) is 1. The zero-order chi connectivity index (χ0) is 16.3. The van der Waals surface area contributed by atoms with Gasteiger partial charge in [-0.25, -0.2) is 0 Å². The van der Waals surface area contributed by atoms with Crippen LogP contribution in [0.25, 0.3) is 0 Å². The summed E-state index contributed by atoms with van der Waals surface area (Å²) in [5.74, 6) is -0.665. The lowest BCUT2D eigenvalue weighted by Crippen LogP contribution is -2.58. The first-order valence-corrected chi connectivity index (χ1v) is 7.32. The number of rotatable bonds is 4. The van der Waals surface area contributed by atoms with Crippen molar-refractivity contribution in [2.45, 2.75) is 39.9 Å². The largest absolute Gasteiger partial charge is 0.405 e. The fourth-order valence-corrected chi connectivity index (χ4v) is 2.19. The fraction of sp³-hybridized carbons (Fsp3) is 0.929. The van der Waals surface area contributed by atoms with Gasteiger partial charge in [-0.05, 0) is 5.41 Å². The van der Waals surface area contributed by atoms with Crippen molar-refractivity contribution in [2.24, 2.45) is 11.3 Å². The monoisotopic (exact) mass is 345 g/mol. The highest BCUT2D eigenvalue weighted by Gasteiger charge is 2.44. The minimum absolute atomic E-state index is 0. The minimum Gasteiger partial charge on any atom is -0.354 e. The van der Waals surface area contributed by atoms with Crippen LogP contribution in [-0.4, -0.2) is 55.7 Å². The summed E-state index contributed by atoms with van der Waals surface area (Å²) in [5.41, 5.74) is -0.271. The predicted octanol–water partition coefficient (Wildman–Crippen LogP) is 2.04. The molecular formula is C14H27ClF3N3O. The Kier molecular flexibility index (Phi) is 8.16. The zero-order valence-corrected chi connectivity index (χ0v) is 14.4. The Morgan fingerprint density at radius 1 is 1.23 bits per heavy atom. The summed E-state index contributed by atoms with van der Waals surface area (Å²) in [6.45, 7) is 8.81. The molecular weight excluding hydrogens is 319 g/mol. The van der Waals surface area contributed by atoms with Crippen LogP contribution in [0, 0.1) is 11.3 Å². The lowest BCUT2D eigenvalue weighted by Gasteiger charge is -2.36. The van der Waals surface area contributed by atoms with Crippen LogP contribution in [0.3, 0.4) is 0 Å². The molecule has 2 unspecified atom stereocenters. The van der Waals surface area contributed by atoms with Crippen molar-refractivity contribution in [3.63, 3.8) is 0 Å². The maximum absolute atomic E-state index is 13.2. The van der Waals surface area contributed by atoms with Crippen LogP contribution in [0.2, 0.25) is 0 Å². The lowest BCUT2D eigenvalue weighted by atomic mass is 9.81. The number of carbonyl (C=O) groups excluding carboxylic acids is 1. The first kappa shape index (κ1) is 21.5. The van der Waals surface area contributed by atoms with Gasteiger partial charge in [0.1, 0.15) is 6.04 Å². The smallest absolute Gasteiger partial charge is 0.354 e. The average Bonchev–Trinajstić information content (AvgIpc) is 2.36. The van der Waals surface area contributed by atoms with Crippen molar-refractivity contribution in [3.05, 3.63) is 0 Å². The van der Waals surface area contributed by atoms with Crippen LogP contribution in [-0.2, 0) is 4.79 Å². The summed E-state index contributed by atoms with van der Waals surface area (Å²) in [5, 5.41) is 5.50. The molecule has 8 heteroatoms. The molecule has 0 aromatic carbocycles. The first-order valence-electron chi connectivity index (χ1n) is 7.32. The molecule has 1 aliphatic heterocycles. The van der Waals surface area contributed by atoms with E-state index >= 15 is 0 Å². The van der Waals surface area contributed by atoms with E-state index in [-0.39, 0.29) is 36.2 Å². The van der Waals surface area contributed by atoms with Crippen LogP contribution < -0.4 is 10.6 Å². The maximum atomic E-state index is 13.2. The Balaban J connectivity index is 0.00000441. The van der Waals surface area contributed by atoms with Crippen LogP contribution >= 0.6 is 12.4 Å². The van der Waals surface area contributed by atoms with Gasteiger partial charge in [-0.3, -0.25) is 9.69 Å². The molecule has 1 aliphatic rings. The van der Waals surface area contributed by atoms with Gasteiger partial charge in [-0.1, -0.05) is 27.7 Å². The lowest BCUT2D eigenvalue weighted by molar-refractivity contribution is -0.184. The number of amides is 1. The summed E-state index contributed by atoms with van der Waals surface area (Å²) in [6, 6.07) is -1.62. The van der Waals surface area contributed by atoms with E-state index in [1.54, 1.807) is 6.92 Å². The molecule has 0 spiro atoms. The van der Waals surface area contributed by atoms with Crippen LogP contribution in [0.1, 0.15) is 27.7 Å². The topological polar surface area (TPSA) is 44.4 Å². The molecule has 1 fully saturated rings. The van der Waals surface area contributed by atoms with Gasteiger partial charge in [0.05, 0.1) is 0 Å². The van der Waals surface area contributed by atoms with Gasteiger partial charge in [0, 0.05) is 38.6 Å². The third-order valence-electron chi connectivity index (χ3n) is 4.13.